The summed E-state index contributed by atoms with van der Waals surface area (Å²) in [5, 5.41) is 13.7. The quantitative estimate of drug-likeness (QED) is 0.513. The summed E-state index contributed by atoms with van der Waals surface area (Å²) in [5.41, 5.74) is 1.41. The highest BCUT2D eigenvalue weighted by Crippen LogP contribution is 2.26. The Balaban J connectivity index is 1.75. The summed E-state index contributed by atoms with van der Waals surface area (Å²) < 4.78 is 12.8. The molecule has 0 amide bonds. The van der Waals surface area contributed by atoms with Crippen LogP contribution < -0.4 is 10.4 Å². The van der Waals surface area contributed by atoms with Gasteiger partial charge in [0.05, 0.1) is 0 Å². The summed E-state index contributed by atoms with van der Waals surface area (Å²) in [6.07, 6.45) is 0. The van der Waals surface area contributed by atoms with Crippen LogP contribution in [-0.2, 0) is 5.41 Å². The second-order valence-electron chi connectivity index (χ2n) is 7.22. The first-order valence-electron chi connectivity index (χ1n) is 8.26. The van der Waals surface area contributed by atoms with Crippen molar-refractivity contribution in [3.05, 3.63) is 58.2 Å². The summed E-state index contributed by atoms with van der Waals surface area (Å²) in [6, 6.07) is 10.4. The topological polar surface area (TPSA) is 82.5 Å². The van der Waals surface area contributed by atoms with E-state index < -0.39 is 0 Å². The first-order valence-corrected chi connectivity index (χ1v) is 8.26. The molecule has 0 radical (unpaired) electrons. The standard InChI is InChI=1S/C19H18N4O3/c1-11-9-17(24)26-14-10-12(5-6-13(11)14)25-16-8-7-15-20-21-18(19(2,3)4)23(15)22-16/h5-10H,1-4H3. The van der Waals surface area contributed by atoms with Gasteiger partial charge in [-0.2, -0.15) is 4.52 Å². The molecule has 0 N–H and O–H groups in total. The highest BCUT2D eigenvalue weighted by Gasteiger charge is 2.22. The Hall–Kier alpha value is -3.22. The molecule has 3 aromatic heterocycles. The molecule has 132 valence electrons. The molecule has 0 saturated heterocycles. The van der Waals surface area contributed by atoms with Gasteiger partial charge in [-0.05, 0) is 30.7 Å². The van der Waals surface area contributed by atoms with E-state index in [0.29, 0.717) is 22.9 Å². The van der Waals surface area contributed by atoms with Crippen molar-refractivity contribution in [3.8, 4) is 11.6 Å². The third kappa shape index (κ3) is 2.81. The molecule has 7 heteroatoms. The Bertz CT molecular complexity index is 1190. The van der Waals surface area contributed by atoms with Crippen LogP contribution in [-0.4, -0.2) is 19.8 Å². The van der Waals surface area contributed by atoms with Crippen LogP contribution in [0.3, 0.4) is 0 Å². The van der Waals surface area contributed by atoms with E-state index in [2.05, 4.69) is 15.3 Å². The van der Waals surface area contributed by atoms with Crippen LogP contribution in [0.1, 0.15) is 32.2 Å². The van der Waals surface area contributed by atoms with Gasteiger partial charge >= 0.3 is 5.63 Å². The predicted molar refractivity (Wildman–Crippen MR) is 96.8 cm³/mol. The molecule has 0 unspecified atom stereocenters. The van der Waals surface area contributed by atoms with E-state index >= 15 is 0 Å². The van der Waals surface area contributed by atoms with Crippen LogP contribution in [0.15, 0.2) is 45.6 Å². The highest BCUT2D eigenvalue weighted by atomic mass is 16.5. The zero-order chi connectivity index (χ0) is 18.5. The van der Waals surface area contributed by atoms with E-state index in [1.54, 1.807) is 22.7 Å². The van der Waals surface area contributed by atoms with Gasteiger partial charge in [0.1, 0.15) is 11.3 Å². The van der Waals surface area contributed by atoms with Crippen molar-refractivity contribution in [1.29, 1.82) is 0 Å². The minimum absolute atomic E-state index is 0.199. The van der Waals surface area contributed by atoms with E-state index in [-0.39, 0.29) is 11.0 Å². The maximum Gasteiger partial charge on any atom is 0.336 e. The fourth-order valence-electron chi connectivity index (χ4n) is 2.78. The van der Waals surface area contributed by atoms with Gasteiger partial charge in [0.25, 0.3) is 0 Å². The Kier molecular flexibility index (Phi) is 3.54. The number of nitrogens with zero attached hydrogens (tertiary/aromatic N) is 4. The van der Waals surface area contributed by atoms with Crippen LogP contribution in [0.2, 0.25) is 0 Å². The first kappa shape index (κ1) is 16.3. The molecule has 4 aromatic rings. The molecule has 0 aliphatic rings. The van der Waals surface area contributed by atoms with Crippen LogP contribution in [0.5, 0.6) is 11.6 Å². The van der Waals surface area contributed by atoms with Crippen molar-refractivity contribution in [1.82, 2.24) is 19.8 Å². The second kappa shape index (κ2) is 5.66. The molecule has 1 aromatic carbocycles. The molecule has 0 fully saturated rings. The number of ether oxygens (including phenoxy) is 1. The highest BCUT2D eigenvalue weighted by molar-refractivity contribution is 5.81. The zero-order valence-corrected chi connectivity index (χ0v) is 15.0. The van der Waals surface area contributed by atoms with E-state index in [9.17, 15) is 4.79 Å². The maximum absolute atomic E-state index is 11.6. The Morgan fingerprint density at radius 1 is 1.08 bits per heavy atom. The predicted octanol–water partition coefficient (Wildman–Crippen LogP) is 3.63. The molecule has 0 saturated carbocycles. The van der Waals surface area contributed by atoms with Crippen molar-refractivity contribution in [2.45, 2.75) is 33.1 Å². The number of aromatic nitrogens is 4. The molecular formula is C19H18N4O3. The lowest BCUT2D eigenvalue weighted by atomic mass is 9.96. The SMILES string of the molecule is Cc1cc(=O)oc2cc(Oc3ccc4nnc(C(C)(C)C)n4n3)ccc12. The number of hydrogen-bond donors (Lipinski definition) is 0. The Morgan fingerprint density at radius 2 is 1.88 bits per heavy atom. The van der Waals surface area contributed by atoms with Crippen molar-refractivity contribution in [2.75, 3.05) is 0 Å². The van der Waals surface area contributed by atoms with Crippen molar-refractivity contribution in [3.63, 3.8) is 0 Å². The minimum atomic E-state index is -0.383. The molecule has 0 spiro atoms. The van der Waals surface area contributed by atoms with Gasteiger partial charge < -0.3 is 9.15 Å². The number of fused-ring (bicyclic) bond motifs is 2. The number of benzene rings is 1. The van der Waals surface area contributed by atoms with E-state index in [4.69, 9.17) is 9.15 Å². The summed E-state index contributed by atoms with van der Waals surface area (Å²) in [5.74, 6) is 1.68. The lowest BCUT2D eigenvalue weighted by molar-refractivity contribution is 0.443. The van der Waals surface area contributed by atoms with Gasteiger partial charge in [-0.25, -0.2) is 4.79 Å². The van der Waals surface area contributed by atoms with Crippen LogP contribution in [0.25, 0.3) is 16.6 Å². The fourth-order valence-corrected chi connectivity index (χ4v) is 2.78. The molecule has 4 rings (SSSR count). The lowest BCUT2D eigenvalue weighted by Crippen LogP contribution is -2.17. The van der Waals surface area contributed by atoms with Crippen LogP contribution >= 0.6 is 0 Å². The van der Waals surface area contributed by atoms with Crippen molar-refractivity contribution < 1.29 is 9.15 Å². The average Bonchev–Trinajstić information content (AvgIpc) is 2.97. The molecule has 0 bridgehead atoms. The van der Waals surface area contributed by atoms with Gasteiger partial charge in [0.15, 0.2) is 11.5 Å². The van der Waals surface area contributed by atoms with E-state index in [1.165, 1.54) is 6.07 Å². The number of hydrogen-bond acceptors (Lipinski definition) is 6. The summed E-state index contributed by atoms with van der Waals surface area (Å²) in [6.45, 7) is 8.01. The Labute approximate surface area is 149 Å². The third-order valence-electron chi connectivity index (χ3n) is 4.05. The van der Waals surface area contributed by atoms with Crippen LogP contribution in [0.4, 0.5) is 0 Å². The maximum atomic E-state index is 11.6. The summed E-state index contributed by atoms with van der Waals surface area (Å²) in [4.78, 5) is 11.6. The lowest BCUT2D eigenvalue weighted by Gasteiger charge is -2.15. The first-order chi connectivity index (χ1) is 12.3. The minimum Gasteiger partial charge on any atom is -0.437 e. The smallest absolute Gasteiger partial charge is 0.336 e. The van der Waals surface area contributed by atoms with Gasteiger partial charge in [-0.15, -0.1) is 15.3 Å². The molecule has 0 atom stereocenters. The van der Waals surface area contributed by atoms with E-state index in [1.807, 2.05) is 39.8 Å². The number of aryl methyl sites for hydroxylation is 1. The largest absolute Gasteiger partial charge is 0.437 e. The zero-order valence-electron chi connectivity index (χ0n) is 15.0. The van der Waals surface area contributed by atoms with E-state index in [0.717, 1.165) is 16.8 Å². The van der Waals surface area contributed by atoms with Gasteiger partial charge in [-0.3, -0.25) is 0 Å². The van der Waals surface area contributed by atoms with Crippen molar-refractivity contribution in [2.24, 2.45) is 0 Å². The fraction of sp³-hybridized carbons (Fsp3) is 0.263. The van der Waals surface area contributed by atoms with Gasteiger partial charge in [0, 0.05) is 29.0 Å². The monoisotopic (exact) mass is 350 g/mol. The van der Waals surface area contributed by atoms with Gasteiger partial charge in [0.2, 0.25) is 5.88 Å². The number of rotatable bonds is 2. The third-order valence-corrected chi connectivity index (χ3v) is 4.05. The summed E-state index contributed by atoms with van der Waals surface area (Å²) in [7, 11) is 0. The average molecular weight is 350 g/mol. The molecular weight excluding hydrogens is 332 g/mol. The Morgan fingerprint density at radius 3 is 2.65 bits per heavy atom. The van der Waals surface area contributed by atoms with Crippen LogP contribution in [0, 0.1) is 6.92 Å². The van der Waals surface area contributed by atoms with Crippen molar-refractivity contribution >= 4 is 16.6 Å². The molecule has 0 aliphatic heterocycles. The molecule has 26 heavy (non-hydrogen) atoms. The molecule has 0 aliphatic carbocycles. The molecule has 3 heterocycles. The normalized spacial score (nSPS) is 12.0. The van der Waals surface area contributed by atoms with Gasteiger partial charge in [-0.1, -0.05) is 20.8 Å². The second-order valence-corrected chi connectivity index (χ2v) is 7.22. The summed E-state index contributed by atoms with van der Waals surface area (Å²) >= 11 is 0. The molecule has 7 nitrogen and oxygen atoms in total.